The van der Waals surface area contributed by atoms with E-state index in [4.69, 9.17) is 0 Å². The van der Waals surface area contributed by atoms with Gasteiger partial charge in [-0.05, 0) is 63.4 Å². The molecule has 3 heterocycles. The maximum absolute atomic E-state index is 14.0. The van der Waals surface area contributed by atoms with Crippen molar-refractivity contribution in [3.8, 4) is 0 Å². The molecule has 208 valence electrons. The number of hydrogen-bond acceptors (Lipinski definition) is 6. The Morgan fingerprint density at radius 1 is 1.10 bits per heavy atom. The number of hydrogen-bond donors (Lipinski definition) is 3. The first-order valence-corrected chi connectivity index (χ1v) is 14.8. The highest BCUT2D eigenvalue weighted by Gasteiger charge is 2.74. The minimum Gasteiger partial charge on any atom is -0.394 e. The molecule has 0 radical (unpaired) electrons. The highest BCUT2D eigenvalue weighted by Crippen LogP contribution is 2.66. The first-order chi connectivity index (χ1) is 18.8. The van der Waals surface area contributed by atoms with Gasteiger partial charge in [-0.1, -0.05) is 30.3 Å². The van der Waals surface area contributed by atoms with E-state index in [-0.39, 0.29) is 29.6 Å². The topological polar surface area (TPSA) is 102 Å². The number of aliphatic hydroxyl groups is 1. The third-order valence-corrected chi connectivity index (χ3v) is 10.6. The number of nitrogens with one attached hydrogen (secondary N) is 2. The van der Waals surface area contributed by atoms with E-state index in [0.29, 0.717) is 18.7 Å². The summed E-state index contributed by atoms with van der Waals surface area (Å²) in [5.74, 6) is -1.70. The van der Waals surface area contributed by atoms with E-state index < -0.39 is 28.7 Å². The molecular weight excluding hydrogens is 512 g/mol. The molecule has 3 aliphatic rings. The van der Waals surface area contributed by atoms with Crippen LogP contribution >= 0.6 is 11.8 Å². The van der Waals surface area contributed by atoms with Crippen LogP contribution in [0.3, 0.4) is 0 Å². The summed E-state index contributed by atoms with van der Waals surface area (Å²) >= 11 is 1.63. The van der Waals surface area contributed by atoms with E-state index in [9.17, 15) is 19.5 Å². The number of likely N-dealkylation sites (tertiary alicyclic amines) is 1. The van der Waals surface area contributed by atoms with Crippen LogP contribution in [0.15, 0.2) is 54.6 Å². The Labute approximate surface area is 234 Å². The second-order valence-corrected chi connectivity index (χ2v) is 12.3. The van der Waals surface area contributed by atoms with E-state index in [2.05, 4.69) is 29.4 Å². The van der Waals surface area contributed by atoms with Gasteiger partial charge in [-0.2, -0.15) is 0 Å². The van der Waals surface area contributed by atoms with Gasteiger partial charge < -0.3 is 25.5 Å². The zero-order chi connectivity index (χ0) is 27.7. The Kier molecular flexibility index (Phi) is 7.91. The van der Waals surface area contributed by atoms with Gasteiger partial charge in [0, 0.05) is 36.3 Å². The maximum Gasteiger partial charge on any atom is 0.248 e. The Hall–Kier alpha value is -3.04. The predicted octanol–water partition coefficient (Wildman–Crippen LogP) is 3.26. The van der Waals surface area contributed by atoms with Crippen molar-refractivity contribution < 1.29 is 19.5 Å². The first kappa shape index (κ1) is 27.5. The number of aliphatic hydroxyl groups excluding tert-OH is 1. The third-order valence-electron chi connectivity index (χ3n) is 8.60. The molecule has 6 atom stereocenters. The normalized spacial score (nSPS) is 27.8. The number of rotatable bonds is 10. The number of carbonyl (C=O) groups is 3. The van der Waals surface area contributed by atoms with Gasteiger partial charge in [0.2, 0.25) is 17.7 Å². The Bertz CT molecular complexity index is 1210. The van der Waals surface area contributed by atoms with Gasteiger partial charge >= 0.3 is 0 Å². The number of benzene rings is 2. The van der Waals surface area contributed by atoms with Gasteiger partial charge in [0.05, 0.1) is 29.2 Å². The molecule has 0 saturated carbocycles. The molecule has 1 spiro atoms. The van der Waals surface area contributed by atoms with Crippen LogP contribution in [0.4, 0.5) is 11.4 Å². The molecule has 2 bridgehead atoms. The standard InChI is InChI=1S/C30H38N4O4S/c1-4-33(5-2)22-13-11-21(12-14-22)32-28(37)26-30-16-15-23(39-30)24(25(30)29(38)34(26)19(3)18-35)27(36)31-17-20-9-7-6-8-10-20/h6-14,19,23-26,35H,4-5,15-18H2,1-3H3,(H,31,36)(H,32,37)/t19-,23-,24+,25+,26?,30?/m1/s1. The molecule has 9 heteroatoms. The average Bonchev–Trinajstić information content (AvgIpc) is 3.60. The lowest BCUT2D eigenvalue weighted by molar-refractivity contribution is -0.141. The van der Waals surface area contributed by atoms with Gasteiger partial charge in [0.15, 0.2) is 0 Å². The van der Waals surface area contributed by atoms with E-state index >= 15 is 0 Å². The van der Waals surface area contributed by atoms with Crippen LogP contribution in [0.1, 0.15) is 39.2 Å². The van der Waals surface area contributed by atoms with Crippen LogP contribution in [-0.2, 0) is 20.9 Å². The first-order valence-electron chi connectivity index (χ1n) is 13.9. The fourth-order valence-electron chi connectivity index (χ4n) is 6.71. The van der Waals surface area contributed by atoms with E-state index in [1.54, 1.807) is 23.6 Å². The van der Waals surface area contributed by atoms with Crippen LogP contribution in [0.2, 0.25) is 0 Å². The highest BCUT2D eigenvalue weighted by atomic mass is 32.2. The molecule has 3 fully saturated rings. The number of fused-ring (bicyclic) bond motifs is 1. The Balaban J connectivity index is 1.39. The fourth-order valence-corrected chi connectivity index (χ4v) is 8.92. The summed E-state index contributed by atoms with van der Waals surface area (Å²) in [7, 11) is 0. The van der Waals surface area contributed by atoms with Gasteiger partial charge in [0.1, 0.15) is 6.04 Å². The van der Waals surface area contributed by atoms with Crippen molar-refractivity contribution in [2.75, 3.05) is 29.9 Å². The highest BCUT2D eigenvalue weighted by molar-refractivity contribution is 8.02. The molecule has 3 aliphatic heterocycles. The van der Waals surface area contributed by atoms with Crippen LogP contribution < -0.4 is 15.5 Å². The molecule has 2 unspecified atom stereocenters. The Morgan fingerprint density at radius 2 is 1.79 bits per heavy atom. The quantitative estimate of drug-likeness (QED) is 0.420. The summed E-state index contributed by atoms with van der Waals surface area (Å²) in [6, 6.07) is 16.1. The van der Waals surface area contributed by atoms with E-state index in [1.165, 1.54) is 0 Å². The van der Waals surface area contributed by atoms with Gasteiger partial charge in [0.25, 0.3) is 0 Å². The number of nitrogens with zero attached hydrogens (tertiary/aromatic N) is 2. The molecule has 39 heavy (non-hydrogen) atoms. The molecular formula is C30H38N4O4S. The molecule has 5 rings (SSSR count). The monoisotopic (exact) mass is 550 g/mol. The van der Waals surface area contributed by atoms with Crippen molar-refractivity contribution in [1.82, 2.24) is 10.2 Å². The maximum atomic E-state index is 14.0. The van der Waals surface area contributed by atoms with Gasteiger partial charge in [-0.25, -0.2) is 0 Å². The lowest BCUT2D eigenvalue weighted by Gasteiger charge is -2.36. The zero-order valence-electron chi connectivity index (χ0n) is 22.8. The van der Waals surface area contributed by atoms with Crippen LogP contribution in [-0.4, -0.2) is 69.5 Å². The summed E-state index contributed by atoms with van der Waals surface area (Å²) in [6.07, 6.45) is 1.47. The summed E-state index contributed by atoms with van der Waals surface area (Å²) in [5.41, 5.74) is 2.74. The molecule has 8 nitrogen and oxygen atoms in total. The average molecular weight is 551 g/mol. The summed E-state index contributed by atoms with van der Waals surface area (Å²) in [5, 5.41) is 16.1. The minimum absolute atomic E-state index is 0.00930. The van der Waals surface area contributed by atoms with E-state index in [0.717, 1.165) is 30.8 Å². The van der Waals surface area contributed by atoms with E-state index in [1.807, 2.05) is 54.6 Å². The van der Waals surface area contributed by atoms with Crippen LogP contribution in [0.5, 0.6) is 0 Å². The van der Waals surface area contributed by atoms with Gasteiger partial charge in [-0.15, -0.1) is 11.8 Å². The number of thioether (sulfide) groups is 1. The van der Waals surface area contributed by atoms with Crippen molar-refractivity contribution in [3.63, 3.8) is 0 Å². The second-order valence-electron chi connectivity index (χ2n) is 10.7. The number of anilines is 2. The predicted molar refractivity (Wildman–Crippen MR) is 154 cm³/mol. The largest absolute Gasteiger partial charge is 0.394 e. The molecule has 3 saturated heterocycles. The Morgan fingerprint density at radius 3 is 2.44 bits per heavy atom. The van der Waals surface area contributed by atoms with Crippen LogP contribution in [0.25, 0.3) is 0 Å². The second kappa shape index (κ2) is 11.2. The summed E-state index contributed by atoms with van der Waals surface area (Å²) in [6.45, 7) is 7.89. The van der Waals surface area contributed by atoms with Gasteiger partial charge in [-0.3, -0.25) is 14.4 Å². The molecule has 0 aliphatic carbocycles. The molecule has 2 aromatic rings. The molecule has 3 amide bonds. The lowest BCUT2D eigenvalue weighted by Crippen LogP contribution is -2.54. The van der Waals surface area contributed by atoms with Crippen molar-refractivity contribution in [3.05, 3.63) is 60.2 Å². The minimum atomic E-state index is -0.762. The van der Waals surface area contributed by atoms with Crippen molar-refractivity contribution in [2.24, 2.45) is 11.8 Å². The fraction of sp³-hybridized carbons (Fsp3) is 0.500. The number of carbonyl (C=O) groups excluding carboxylic acids is 3. The number of amides is 3. The third kappa shape index (κ3) is 4.80. The lowest BCUT2D eigenvalue weighted by atomic mass is 9.70. The molecule has 2 aromatic carbocycles. The zero-order valence-corrected chi connectivity index (χ0v) is 23.6. The molecule has 0 aromatic heterocycles. The summed E-state index contributed by atoms with van der Waals surface area (Å²) in [4.78, 5) is 45.1. The SMILES string of the molecule is CCN(CC)c1ccc(NC(=O)C2N([C@H](C)CO)C(=O)[C@@H]3[C@@H](C(=O)NCc4ccccc4)[C@H]4CCC23S4)cc1. The van der Waals surface area contributed by atoms with Crippen molar-refractivity contribution in [2.45, 2.75) is 62.2 Å². The summed E-state index contributed by atoms with van der Waals surface area (Å²) < 4.78 is -0.689. The van der Waals surface area contributed by atoms with Crippen LogP contribution in [0, 0.1) is 11.8 Å². The smallest absolute Gasteiger partial charge is 0.248 e. The molecule has 3 N–H and O–H groups in total. The van der Waals surface area contributed by atoms with Crippen molar-refractivity contribution >= 4 is 40.9 Å². The van der Waals surface area contributed by atoms with Crippen molar-refractivity contribution in [1.29, 1.82) is 0 Å².